The third-order valence-corrected chi connectivity index (χ3v) is 4.11. The minimum Gasteiger partial charge on any atom is -0.326 e. The predicted octanol–water partition coefficient (Wildman–Crippen LogP) is 1.98. The Kier molecular flexibility index (Phi) is 3.53. The second-order valence-corrected chi connectivity index (χ2v) is 5.68. The van der Waals surface area contributed by atoms with Crippen LogP contribution in [0.5, 0.6) is 0 Å². The van der Waals surface area contributed by atoms with E-state index in [1.54, 1.807) is 0 Å². The van der Waals surface area contributed by atoms with Crippen molar-refractivity contribution in [2.24, 2.45) is 11.8 Å². The van der Waals surface area contributed by atoms with Gasteiger partial charge >= 0.3 is 0 Å². The molecule has 0 aromatic carbocycles. The van der Waals surface area contributed by atoms with Gasteiger partial charge in [0.2, 0.25) is 5.91 Å². The number of nitrogens with one attached hydrogen (secondary N) is 1. The van der Waals surface area contributed by atoms with Crippen molar-refractivity contribution < 1.29 is 4.79 Å². The summed E-state index contributed by atoms with van der Waals surface area (Å²) < 4.78 is 0. The summed E-state index contributed by atoms with van der Waals surface area (Å²) >= 11 is 0. The molecule has 1 aliphatic carbocycles. The Morgan fingerprint density at radius 2 is 2.12 bits per heavy atom. The van der Waals surface area contributed by atoms with Crippen LogP contribution in [0.1, 0.15) is 46.5 Å². The summed E-state index contributed by atoms with van der Waals surface area (Å²) in [6.07, 6.45) is 5.55. The van der Waals surface area contributed by atoms with Crippen LogP contribution in [-0.2, 0) is 4.79 Å². The molecule has 1 amide bonds. The van der Waals surface area contributed by atoms with E-state index in [2.05, 4.69) is 26.1 Å². The Labute approximate surface area is 98.6 Å². The highest BCUT2D eigenvalue weighted by Gasteiger charge is 2.37. The van der Waals surface area contributed by atoms with Crippen LogP contribution < -0.4 is 5.32 Å². The molecule has 0 aromatic rings. The first kappa shape index (κ1) is 11.9. The molecule has 0 bridgehead atoms. The van der Waals surface area contributed by atoms with Crippen LogP contribution >= 0.6 is 0 Å². The van der Waals surface area contributed by atoms with Gasteiger partial charge in [-0.3, -0.25) is 10.1 Å². The fraction of sp³-hybridized carbons (Fsp3) is 0.923. The molecule has 2 aliphatic rings. The molecule has 3 nitrogen and oxygen atoms in total. The molecule has 1 heterocycles. The Balaban J connectivity index is 1.85. The molecule has 2 atom stereocenters. The van der Waals surface area contributed by atoms with E-state index in [1.807, 2.05) is 4.90 Å². The van der Waals surface area contributed by atoms with Crippen molar-refractivity contribution in [3.05, 3.63) is 0 Å². The van der Waals surface area contributed by atoms with E-state index in [0.717, 1.165) is 12.5 Å². The maximum absolute atomic E-state index is 12.1. The number of amides is 1. The second-order valence-electron chi connectivity index (χ2n) is 5.68. The van der Waals surface area contributed by atoms with Gasteiger partial charge in [-0.2, -0.15) is 0 Å². The molecule has 16 heavy (non-hydrogen) atoms. The summed E-state index contributed by atoms with van der Waals surface area (Å²) in [5, 5.41) is 3.39. The number of rotatable bonds is 4. The van der Waals surface area contributed by atoms with Gasteiger partial charge in [-0.25, -0.2) is 0 Å². The lowest BCUT2D eigenvalue weighted by atomic mass is 9.83. The highest BCUT2D eigenvalue weighted by atomic mass is 16.2. The van der Waals surface area contributed by atoms with E-state index >= 15 is 0 Å². The highest BCUT2D eigenvalue weighted by Crippen LogP contribution is 2.30. The number of carbonyl (C=O) groups is 1. The molecule has 1 saturated carbocycles. The lowest BCUT2D eigenvalue weighted by molar-refractivity contribution is -0.130. The van der Waals surface area contributed by atoms with Crippen molar-refractivity contribution in [3.63, 3.8) is 0 Å². The average Bonchev–Trinajstić information content (AvgIpc) is 2.42. The molecule has 0 spiro atoms. The molecular formula is C13H24N2O. The molecule has 0 aromatic heterocycles. The van der Waals surface area contributed by atoms with Crippen molar-refractivity contribution in [2.75, 3.05) is 6.54 Å². The highest BCUT2D eigenvalue weighted by molar-refractivity contribution is 5.84. The summed E-state index contributed by atoms with van der Waals surface area (Å²) in [7, 11) is 0. The second kappa shape index (κ2) is 4.74. The van der Waals surface area contributed by atoms with E-state index in [9.17, 15) is 4.79 Å². The maximum atomic E-state index is 12.1. The van der Waals surface area contributed by atoms with Crippen molar-refractivity contribution in [1.82, 2.24) is 10.2 Å². The zero-order chi connectivity index (χ0) is 11.7. The third-order valence-electron chi connectivity index (χ3n) is 4.11. The Morgan fingerprint density at radius 1 is 1.44 bits per heavy atom. The van der Waals surface area contributed by atoms with Crippen LogP contribution in [0, 0.1) is 11.8 Å². The van der Waals surface area contributed by atoms with Gasteiger partial charge in [0.25, 0.3) is 0 Å². The number of hydrogen-bond acceptors (Lipinski definition) is 2. The third kappa shape index (κ3) is 2.24. The molecule has 1 N–H and O–H groups in total. The molecule has 2 rings (SSSR count). The molecule has 0 radical (unpaired) electrons. The van der Waals surface area contributed by atoms with E-state index in [0.29, 0.717) is 11.8 Å². The normalized spacial score (nSPS) is 31.2. The van der Waals surface area contributed by atoms with Gasteiger partial charge in [0.1, 0.15) is 0 Å². The van der Waals surface area contributed by atoms with Crippen LogP contribution in [0.2, 0.25) is 0 Å². The number of nitrogens with zero attached hydrogens (tertiary/aromatic N) is 1. The van der Waals surface area contributed by atoms with Crippen molar-refractivity contribution in [1.29, 1.82) is 0 Å². The van der Waals surface area contributed by atoms with Crippen molar-refractivity contribution >= 4 is 5.91 Å². The lowest BCUT2D eigenvalue weighted by Gasteiger charge is -2.29. The van der Waals surface area contributed by atoms with Crippen molar-refractivity contribution in [3.8, 4) is 0 Å². The molecule has 1 saturated heterocycles. The standard InChI is InChI=1S/C13H24N2O/c1-9(2)12-13(16)15(10(3)14-12)8-7-11-5-4-6-11/h9-12,14H,4-8H2,1-3H3. The van der Waals surface area contributed by atoms with Gasteiger partial charge in [0.15, 0.2) is 0 Å². The largest absolute Gasteiger partial charge is 0.326 e. The van der Waals surface area contributed by atoms with E-state index < -0.39 is 0 Å². The first-order valence-electron chi connectivity index (χ1n) is 6.66. The predicted molar refractivity (Wildman–Crippen MR) is 64.9 cm³/mol. The van der Waals surface area contributed by atoms with Gasteiger partial charge in [0.05, 0.1) is 12.2 Å². The monoisotopic (exact) mass is 224 g/mol. The number of hydrogen-bond donors (Lipinski definition) is 1. The Hall–Kier alpha value is -0.570. The minimum absolute atomic E-state index is 0.0383. The Bertz CT molecular complexity index is 261. The average molecular weight is 224 g/mol. The van der Waals surface area contributed by atoms with Gasteiger partial charge in [-0.15, -0.1) is 0 Å². The zero-order valence-corrected chi connectivity index (χ0v) is 10.7. The summed E-state index contributed by atoms with van der Waals surface area (Å²) in [6.45, 7) is 7.26. The minimum atomic E-state index is 0.0383. The van der Waals surface area contributed by atoms with Gasteiger partial charge < -0.3 is 4.90 Å². The molecule has 2 fully saturated rings. The van der Waals surface area contributed by atoms with Crippen LogP contribution in [0.3, 0.4) is 0 Å². The molecule has 2 unspecified atom stereocenters. The topological polar surface area (TPSA) is 32.3 Å². The SMILES string of the molecule is CC(C)C1NC(C)N(CCC2CCC2)C1=O. The van der Waals surface area contributed by atoms with E-state index in [-0.39, 0.29) is 12.2 Å². The first-order valence-corrected chi connectivity index (χ1v) is 6.66. The molecule has 1 aliphatic heterocycles. The van der Waals surface area contributed by atoms with Crippen LogP contribution in [0.15, 0.2) is 0 Å². The summed E-state index contributed by atoms with van der Waals surface area (Å²) in [6, 6.07) is 0.0383. The molecule has 3 heteroatoms. The van der Waals surface area contributed by atoms with E-state index in [1.165, 1.54) is 25.7 Å². The molecule has 92 valence electrons. The molecular weight excluding hydrogens is 200 g/mol. The number of carbonyl (C=O) groups excluding carboxylic acids is 1. The lowest BCUT2D eigenvalue weighted by Crippen LogP contribution is -2.36. The van der Waals surface area contributed by atoms with Gasteiger partial charge in [-0.05, 0) is 25.2 Å². The van der Waals surface area contributed by atoms with Crippen LogP contribution in [0.25, 0.3) is 0 Å². The summed E-state index contributed by atoms with van der Waals surface area (Å²) in [5.74, 6) is 1.59. The fourth-order valence-corrected chi connectivity index (χ4v) is 2.68. The fourth-order valence-electron chi connectivity index (χ4n) is 2.68. The maximum Gasteiger partial charge on any atom is 0.241 e. The first-order chi connectivity index (χ1) is 7.59. The quantitative estimate of drug-likeness (QED) is 0.792. The summed E-state index contributed by atoms with van der Waals surface area (Å²) in [4.78, 5) is 14.2. The van der Waals surface area contributed by atoms with Gasteiger partial charge in [0, 0.05) is 6.54 Å². The summed E-state index contributed by atoms with van der Waals surface area (Å²) in [5.41, 5.74) is 0. The van der Waals surface area contributed by atoms with E-state index in [4.69, 9.17) is 0 Å². The van der Waals surface area contributed by atoms with Gasteiger partial charge in [-0.1, -0.05) is 33.1 Å². The van der Waals surface area contributed by atoms with Crippen molar-refractivity contribution in [2.45, 2.75) is 58.7 Å². The Morgan fingerprint density at radius 3 is 2.56 bits per heavy atom. The van der Waals surface area contributed by atoms with Crippen LogP contribution in [-0.4, -0.2) is 29.6 Å². The zero-order valence-electron chi connectivity index (χ0n) is 10.7. The smallest absolute Gasteiger partial charge is 0.241 e. The van der Waals surface area contributed by atoms with Crippen LogP contribution in [0.4, 0.5) is 0 Å².